The fraction of sp³-hybridized carbons (Fsp3) is 0.0556. The van der Waals surface area contributed by atoms with Gasteiger partial charge in [-0.05, 0) is 42.0 Å². The predicted molar refractivity (Wildman–Crippen MR) is 90.2 cm³/mol. The van der Waals surface area contributed by atoms with Gasteiger partial charge in [0.2, 0.25) is 0 Å². The van der Waals surface area contributed by atoms with Crippen molar-refractivity contribution >= 4 is 17.4 Å². The van der Waals surface area contributed by atoms with Crippen LogP contribution in [0.25, 0.3) is 0 Å². The summed E-state index contributed by atoms with van der Waals surface area (Å²) in [6.45, 7) is 0.672. The molecular formula is C18H16N4O. The van der Waals surface area contributed by atoms with Crippen LogP contribution in [0.5, 0.6) is 0 Å². The summed E-state index contributed by atoms with van der Waals surface area (Å²) in [5, 5.41) is 6.04. The van der Waals surface area contributed by atoms with E-state index in [9.17, 15) is 4.79 Å². The highest BCUT2D eigenvalue weighted by Gasteiger charge is 2.05. The van der Waals surface area contributed by atoms with Crippen LogP contribution in [0.1, 0.15) is 15.9 Å². The molecule has 23 heavy (non-hydrogen) atoms. The molecule has 0 fully saturated rings. The molecule has 114 valence electrons. The van der Waals surface area contributed by atoms with Gasteiger partial charge in [-0.3, -0.25) is 9.78 Å². The molecule has 0 aliphatic rings. The molecule has 3 rings (SSSR count). The first-order valence-electron chi connectivity index (χ1n) is 7.26. The zero-order chi connectivity index (χ0) is 15.9. The van der Waals surface area contributed by atoms with Gasteiger partial charge in [-0.25, -0.2) is 4.98 Å². The Morgan fingerprint density at radius 1 is 0.957 bits per heavy atom. The van der Waals surface area contributed by atoms with Crippen molar-refractivity contribution in [2.75, 3.05) is 10.6 Å². The number of amides is 1. The molecule has 0 spiro atoms. The molecule has 0 atom stereocenters. The van der Waals surface area contributed by atoms with Crippen LogP contribution in [-0.2, 0) is 6.54 Å². The topological polar surface area (TPSA) is 66.9 Å². The minimum absolute atomic E-state index is 0.148. The minimum Gasteiger partial charge on any atom is -0.366 e. The molecule has 2 aromatic heterocycles. The number of carbonyl (C=O) groups is 1. The lowest BCUT2D eigenvalue weighted by atomic mass is 10.2. The molecule has 0 unspecified atom stereocenters. The van der Waals surface area contributed by atoms with E-state index >= 15 is 0 Å². The molecular weight excluding hydrogens is 288 g/mol. The second-order valence-electron chi connectivity index (χ2n) is 4.96. The largest absolute Gasteiger partial charge is 0.366 e. The Balaban J connectivity index is 1.58. The molecule has 0 saturated carbocycles. The van der Waals surface area contributed by atoms with Crippen LogP contribution in [0, 0.1) is 0 Å². The van der Waals surface area contributed by atoms with E-state index in [0.717, 1.165) is 11.4 Å². The quantitative estimate of drug-likeness (QED) is 0.758. The smallest absolute Gasteiger partial charge is 0.255 e. The summed E-state index contributed by atoms with van der Waals surface area (Å²) < 4.78 is 0. The van der Waals surface area contributed by atoms with Gasteiger partial charge < -0.3 is 10.6 Å². The number of pyridine rings is 2. The summed E-state index contributed by atoms with van der Waals surface area (Å²) >= 11 is 0. The van der Waals surface area contributed by atoms with Crippen LogP contribution in [0.4, 0.5) is 11.5 Å². The Kier molecular flexibility index (Phi) is 4.59. The SMILES string of the molecule is O=C(Nc1ccc(NCc2ccncc2)nc1)c1ccccc1. The van der Waals surface area contributed by atoms with E-state index in [0.29, 0.717) is 17.8 Å². The zero-order valence-electron chi connectivity index (χ0n) is 12.4. The summed E-state index contributed by atoms with van der Waals surface area (Å²) in [6, 6.07) is 16.6. The maximum absolute atomic E-state index is 12.0. The van der Waals surface area contributed by atoms with E-state index in [2.05, 4.69) is 20.6 Å². The Morgan fingerprint density at radius 2 is 1.74 bits per heavy atom. The van der Waals surface area contributed by atoms with Crippen molar-refractivity contribution in [2.24, 2.45) is 0 Å². The highest BCUT2D eigenvalue weighted by Crippen LogP contribution is 2.12. The van der Waals surface area contributed by atoms with Crippen molar-refractivity contribution < 1.29 is 4.79 Å². The zero-order valence-corrected chi connectivity index (χ0v) is 12.4. The van der Waals surface area contributed by atoms with Crippen molar-refractivity contribution in [1.29, 1.82) is 0 Å². The Bertz CT molecular complexity index is 758. The van der Waals surface area contributed by atoms with Gasteiger partial charge in [0.15, 0.2) is 0 Å². The first-order valence-corrected chi connectivity index (χ1v) is 7.26. The van der Waals surface area contributed by atoms with Gasteiger partial charge in [-0.15, -0.1) is 0 Å². The number of carbonyl (C=O) groups excluding carboxylic acids is 1. The van der Waals surface area contributed by atoms with Gasteiger partial charge >= 0.3 is 0 Å². The van der Waals surface area contributed by atoms with E-state index in [4.69, 9.17) is 0 Å². The lowest BCUT2D eigenvalue weighted by molar-refractivity contribution is 0.102. The lowest BCUT2D eigenvalue weighted by Gasteiger charge is -2.08. The second-order valence-corrected chi connectivity index (χ2v) is 4.96. The molecule has 5 nitrogen and oxygen atoms in total. The van der Waals surface area contributed by atoms with Gasteiger partial charge in [0.25, 0.3) is 5.91 Å². The summed E-state index contributed by atoms with van der Waals surface area (Å²) in [4.78, 5) is 20.3. The molecule has 3 aromatic rings. The molecule has 0 aliphatic heterocycles. The lowest BCUT2D eigenvalue weighted by Crippen LogP contribution is -2.12. The van der Waals surface area contributed by atoms with Crippen LogP contribution < -0.4 is 10.6 Å². The maximum Gasteiger partial charge on any atom is 0.255 e. The van der Waals surface area contributed by atoms with Crippen molar-refractivity contribution in [3.63, 3.8) is 0 Å². The van der Waals surface area contributed by atoms with E-state index in [1.807, 2.05) is 42.5 Å². The summed E-state index contributed by atoms with van der Waals surface area (Å²) in [6.07, 6.45) is 5.15. The summed E-state index contributed by atoms with van der Waals surface area (Å²) in [7, 11) is 0. The van der Waals surface area contributed by atoms with Gasteiger partial charge in [0, 0.05) is 24.5 Å². The number of aromatic nitrogens is 2. The van der Waals surface area contributed by atoms with Crippen LogP contribution in [0.2, 0.25) is 0 Å². The Morgan fingerprint density at radius 3 is 2.43 bits per heavy atom. The normalized spacial score (nSPS) is 10.1. The van der Waals surface area contributed by atoms with Crippen molar-refractivity contribution in [1.82, 2.24) is 9.97 Å². The minimum atomic E-state index is -0.148. The van der Waals surface area contributed by atoms with E-state index in [-0.39, 0.29) is 5.91 Å². The van der Waals surface area contributed by atoms with Crippen molar-refractivity contribution in [3.05, 3.63) is 84.3 Å². The first-order chi connectivity index (χ1) is 11.3. The van der Waals surface area contributed by atoms with E-state index < -0.39 is 0 Å². The molecule has 0 aliphatic carbocycles. The standard InChI is InChI=1S/C18H16N4O/c23-18(15-4-2-1-3-5-15)22-16-6-7-17(21-13-16)20-12-14-8-10-19-11-9-14/h1-11,13H,12H2,(H,20,21)(H,22,23). The molecule has 2 N–H and O–H groups in total. The molecule has 0 bridgehead atoms. The molecule has 1 aromatic carbocycles. The van der Waals surface area contributed by atoms with Crippen LogP contribution in [0.3, 0.4) is 0 Å². The Hall–Kier alpha value is -3.21. The third-order valence-electron chi connectivity index (χ3n) is 3.28. The van der Waals surface area contributed by atoms with Crippen LogP contribution in [0.15, 0.2) is 73.2 Å². The summed E-state index contributed by atoms with van der Waals surface area (Å²) in [5.41, 5.74) is 2.41. The third kappa shape index (κ3) is 4.14. The third-order valence-corrected chi connectivity index (χ3v) is 3.28. The molecule has 0 radical (unpaired) electrons. The number of hydrogen-bond acceptors (Lipinski definition) is 4. The fourth-order valence-corrected chi connectivity index (χ4v) is 2.06. The van der Waals surface area contributed by atoms with E-state index in [1.165, 1.54) is 0 Å². The number of benzene rings is 1. The average molecular weight is 304 g/mol. The van der Waals surface area contributed by atoms with Gasteiger partial charge in [-0.2, -0.15) is 0 Å². The predicted octanol–water partition coefficient (Wildman–Crippen LogP) is 3.34. The van der Waals surface area contributed by atoms with Crippen LogP contribution in [-0.4, -0.2) is 15.9 Å². The number of nitrogens with zero attached hydrogens (tertiary/aromatic N) is 2. The fourth-order valence-electron chi connectivity index (χ4n) is 2.06. The number of nitrogens with one attached hydrogen (secondary N) is 2. The highest BCUT2D eigenvalue weighted by atomic mass is 16.1. The van der Waals surface area contributed by atoms with Gasteiger partial charge in [0.05, 0.1) is 11.9 Å². The highest BCUT2D eigenvalue weighted by molar-refractivity contribution is 6.04. The number of hydrogen-bond donors (Lipinski definition) is 2. The maximum atomic E-state index is 12.0. The summed E-state index contributed by atoms with van der Waals surface area (Å²) in [5.74, 6) is 0.601. The first kappa shape index (κ1) is 14.7. The number of rotatable bonds is 5. The average Bonchev–Trinajstić information content (AvgIpc) is 2.63. The van der Waals surface area contributed by atoms with E-state index in [1.54, 1.807) is 30.7 Å². The molecule has 2 heterocycles. The van der Waals surface area contributed by atoms with Crippen LogP contribution >= 0.6 is 0 Å². The van der Waals surface area contributed by atoms with Gasteiger partial charge in [-0.1, -0.05) is 18.2 Å². The van der Waals surface area contributed by atoms with Crippen molar-refractivity contribution in [2.45, 2.75) is 6.54 Å². The monoisotopic (exact) mass is 304 g/mol. The molecule has 0 saturated heterocycles. The number of anilines is 2. The van der Waals surface area contributed by atoms with Gasteiger partial charge in [0.1, 0.15) is 5.82 Å². The molecule has 5 heteroatoms. The van der Waals surface area contributed by atoms with Crippen molar-refractivity contribution in [3.8, 4) is 0 Å². The Labute approximate surface area is 134 Å². The second kappa shape index (κ2) is 7.17. The molecule has 1 amide bonds.